The summed E-state index contributed by atoms with van der Waals surface area (Å²) in [7, 11) is 0. The van der Waals surface area contributed by atoms with Crippen LogP contribution < -0.4 is 0 Å². The van der Waals surface area contributed by atoms with Crippen molar-refractivity contribution < 1.29 is 0 Å². The Kier molecular flexibility index (Phi) is 1.75. The summed E-state index contributed by atoms with van der Waals surface area (Å²) < 4.78 is 3.24. The Morgan fingerprint density at radius 3 is 3.36 bits per heavy atom. The molecule has 0 amide bonds. The van der Waals surface area contributed by atoms with Crippen molar-refractivity contribution in [2.75, 3.05) is 0 Å². The molecule has 60 valence electrons. The van der Waals surface area contributed by atoms with Gasteiger partial charge in [0.2, 0.25) is 0 Å². The second kappa shape index (κ2) is 2.63. The van der Waals surface area contributed by atoms with Gasteiger partial charge in [0, 0.05) is 18.4 Å². The minimum absolute atomic E-state index is 0.799. The van der Waals surface area contributed by atoms with Crippen molar-refractivity contribution in [2.24, 2.45) is 5.92 Å². The third-order valence-electron chi connectivity index (χ3n) is 2.28. The topological polar surface area (TPSA) is 17.8 Å². The summed E-state index contributed by atoms with van der Waals surface area (Å²) >= 11 is 3.43. The first-order valence-corrected chi connectivity index (χ1v) is 4.76. The normalized spacial score (nSPS) is 23.3. The molecule has 2 heterocycles. The molecule has 0 bridgehead atoms. The molecule has 1 unspecified atom stereocenters. The maximum absolute atomic E-state index is 4.21. The molecule has 0 radical (unpaired) electrons. The van der Waals surface area contributed by atoms with Gasteiger partial charge < -0.3 is 4.57 Å². The van der Waals surface area contributed by atoms with Gasteiger partial charge in [0.25, 0.3) is 0 Å². The Balaban J connectivity index is 2.37. The molecule has 0 aromatic carbocycles. The van der Waals surface area contributed by atoms with E-state index in [-0.39, 0.29) is 0 Å². The van der Waals surface area contributed by atoms with Gasteiger partial charge in [-0.05, 0) is 34.7 Å². The van der Waals surface area contributed by atoms with Crippen molar-refractivity contribution in [1.82, 2.24) is 9.55 Å². The molecule has 1 aliphatic heterocycles. The van der Waals surface area contributed by atoms with Gasteiger partial charge in [0.05, 0.1) is 0 Å². The van der Waals surface area contributed by atoms with Gasteiger partial charge >= 0.3 is 0 Å². The third-order valence-corrected chi connectivity index (χ3v) is 2.91. The van der Waals surface area contributed by atoms with E-state index in [0.29, 0.717) is 0 Å². The van der Waals surface area contributed by atoms with Gasteiger partial charge in [0.15, 0.2) is 4.73 Å². The van der Waals surface area contributed by atoms with Crippen LogP contribution in [0.3, 0.4) is 0 Å². The lowest BCUT2D eigenvalue weighted by atomic mass is 10.0. The summed E-state index contributed by atoms with van der Waals surface area (Å²) in [5, 5.41) is 0. The molecule has 0 saturated heterocycles. The Morgan fingerprint density at radius 1 is 1.73 bits per heavy atom. The summed E-state index contributed by atoms with van der Waals surface area (Å²) in [5.74, 6) is 0.799. The van der Waals surface area contributed by atoms with E-state index >= 15 is 0 Å². The fourth-order valence-electron chi connectivity index (χ4n) is 1.57. The largest absolute Gasteiger partial charge is 0.322 e. The molecule has 1 atom stereocenters. The second-order valence-corrected chi connectivity index (χ2v) is 3.98. The van der Waals surface area contributed by atoms with E-state index in [2.05, 4.69) is 32.4 Å². The number of rotatable bonds is 0. The number of halogens is 1. The number of hydrogen-bond acceptors (Lipinski definition) is 1. The monoisotopic (exact) mass is 214 g/mol. The lowest BCUT2D eigenvalue weighted by Crippen LogP contribution is -2.17. The molecule has 1 aromatic heterocycles. The summed E-state index contributed by atoms with van der Waals surface area (Å²) in [6.07, 6.45) is 4.45. The summed E-state index contributed by atoms with van der Waals surface area (Å²) in [6.45, 7) is 3.41. The van der Waals surface area contributed by atoms with Crippen LogP contribution >= 0.6 is 15.9 Å². The predicted molar refractivity (Wildman–Crippen MR) is 47.4 cm³/mol. The highest BCUT2D eigenvalue weighted by Crippen LogP contribution is 2.23. The molecule has 2 rings (SSSR count). The number of aryl methyl sites for hydroxylation is 1. The number of nitrogens with zero attached hydrogens (tertiary/aromatic N) is 2. The molecule has 11 heavy (non-hydrogen) atoms. The predicted octanol–water partition coefficient (Wildman–Crippen LogP) is 2.23. The van der Waals surface area contributed by atoms with E-state index in [0.717, 1.165) is 17.2 Å². The van der Waals surface area contributed by atoms with Crippen LogP contribution in [0, 0.1) is 5.92 Å². The van der Waals surface area contributed by atoms with Gasteiger partial charge in [-0.15, -0.1) is 0 Å². The van der Waals surface area contributed by atoms with Gasteiger partial charge in [-0.25, -0.2) is 4.98 Å². The molecule has 0 N–H and O–H groups in total. The van der Waals surface area contributed by atoms with Gasteiger partial charge in [-0.3, -0.25) is 0 Å². The number of hydrogen-bond donors (Lipinski definition) is 0. The molecule has 0 fully saturated rings. The molecule has 1 aromatic rings. The van der Waals surface area contributed by atoms with Crippen LogP contribution in [0.1, 0.15) is 19.0 Å². The van der Waals surface area contributed by atoms with E-state index in [9.17, 15) is 0 Å². The Hall–Kier alpha value is -0.310. The zero-order chi connectivity index (χ0) is 7.84. The third kappa shape index (κ3) is 1.22. The molecular formula is C8H11BrN2. The van der Waals surface area contributed by atoms with Gasteiger partial charge in [-0.1, -0.05) is 6.92 Å². The molecule has 0 saturated carbocycles. The SMILES string of the molecule is CC1CCc2cnc(Br)n2C1. The highest BCUT2D eigenvalue weighted by Gasteiger charge is 2.16. The van der Waals surface area contributed by atoms with Crippen LogP contribution in [-0.4, -0.2) is 9.55 Å². The van der Waals surface area contributed by atoms with E-state index in [1.165, 1.54) is 18.5 Å². The van der Waals surface area contributed by atoms with Crippen LogP contribution in [-0.2, 0) is 13.0 Å². The number of fused-ring (bicyclic) bond motifs is 1. The van der Waals surface area contributed by atoms with Crippen LogP contribution in [0.5, 0.6) is 0 Å². The zero-order valence-electron chi connectivity index (χ0n) is 6.55. The maximum Gasteiger partial charge on any atom is 0.177 e. The molecule has 3 heteroatoms. The van der Waals surface area contributed by atoms with E-state index < -0.39 is 0 Å². The molecule has 2 nitrogen and oxygen atoms in total. The summed E-state index contributed by atoms with van der Waals surface area (Å²) in [5.41, 5.74) is 1.37. The van der Waals surface area contributed by atoms with Crippen LogP contribution in [0.2, 0.25) is 0 Å². The standard InChI is InChI=1S/C8H11BrN2/c1-6-2-3-7-4-10-8(9)11(7)5-6/h4,6H,2-3,5H2,1H3. The van der Waals surface area contributed by atoms with Gasteiger partial charge in [-0.2, -0.15) is 0 Å². The molecule has 0 spiro atoms. The van der Waals surface area contributed by atoms with E-state index in [4.69, 9.17) is 0 Å². The van der Waals surface area contributed by atoms with Crippen molar-refractivity contribution in [3.05, 3.63) is 16.6 Å². The fourth-order valence-corrected chi connectivity index (χ4v) is 2.05. The van der Waals surface area contributed by atoms with Crippen molar-refractivity contribution in [2.45, 2.75) is 26.3 Å². The lowest BCUT2D eigenvalue weighted by Gasteiger charge is -2.20. The lowest BCUT2D eigenvalue weighted by molar-refractivity contribution is 0.395. The maximum atomic E-state index is 4.21. The first-order chi connectivity index (χ1) is 5.27. The summed E-state index contributed by atoms with van der Waals surface area (Å²) in [6, 6.07) is 0. The highest BCUT2D eigenvalue weighted by atomic mass is 79.9. The Labute approximate surface area is 74.8 Å². The van der Waals surface area contributed by atoms with E-state index in [1.54, 1.807) is 0 Å². The minimum Gasteiger partial charge on any atom is -0.322 e. The van der Waals surface area contributed by atoms with E-state index in [1.807, 2.05) is 6.20 Å². The average Bonchev–Trinajstić information content (AvgIpc) is 2.33. The van der Waals surface area contributed by atoms with Crippen molar-refractivity contribution >= 4 is 15.9 Å². The first-order valence-electron chi connectivity index (χ1n) is 3.97. The zero-order valence-corrected chi connectivity index (χ0v) is 8.13. The van der Waals surface area contributed by atoms with Crippen molar-refractivity contribution in [3.8, 4) is 0 Å². The molecular weight excluding hydrogens is 204 g/mol. The minimum atomic E-state index is 0.799. The van der Waals surface area contributed by atoms with Crippen molar-refractivity contribution in [3.63, 3.8) is 0 Å². The summed E-state index contributed by atoms with van der Waals surface area (Å²) in [4.78, 5) is 4.21. The Bertz CT molecular complexity index is 267. The number of aromatic nitrogens is 2. The van der Waals surface area contributed by atoms with Crippen LogP contribution in [0.25, 0.3) is 0 Å². The van der Waals surface area contributed by atoms with Gasteiger partial charge in [0.1, 0.15) is 0 Å². The molecule has 1 aliphatic rings. The van der Waals surface area contributed by atoms with Crippen molar-refractivity contribution in [1.29, 1.82) is 0 Å². The van der Waals surface area contributed by atoms with Crippen LogP contribution in [0.4, 0.5) is 0 Å². The highest BCUT2D eigenvalue weighted by molar-refractivity contribution is 9.10. The van der Waals surface area contributed by atoms with Crippen LogP contribution in [0.15, 0.2) is 10.9 Å². The Morgan fingerprint density at radius 2 is 2.55 bits per heavy atom. The molecule has 0 aliphatic carbocycles. The average molecular weight is 215 g/mol. The first kappa shape index (κ1) is 7.35. The second-order valence-electron chi connectivity index (χ2n) is 3.27. The quantitative estimate of drug-likeness (QED) is 0.648. The fraction of sp³-hybridized carbons (Fsp3) is 0.625. The smallest absolute Gasteiger partial charge is 0.177 e. The number of imidazole rings is 1.